The van der Waals surface area contributed by atoms with Crippen LogP contribution in [0.3, 0.4) is 0 Å². The van der Waals surface area contributed by atoms with Crippen LogP contribution >= 0.6 is 0 Å². The Balaban J connectivity index is 5.63. The first-order valence-electron chi connectivity index (χ1n) is 10.3. The van der Waals surface area contributed by atoms with E-state index in [-0.39, 0.29) is 31.6 Å². The van der Waals surface area contributed by atoms with E-state index in [1.165, 1.54) is 0 Å². The van der Waals surface area contributed by atoms with Crippen LogP contribution in [-0.4, -0.2) is 76.0 Å². The van der Waals surface area contributed by atoms with E-state index in [9.17, 15) is 33.9 Å². The maximum Gasteiger partial charge on any atom is 0.328 e. The zero-order chi connectivity index (χ0) is 25.9. The fourth-order valence-corrected chi connectivity index (χ4v) is 2.60. The second-order valence-corrected chi connectivity index (χ2v) is 7.97. The molecular weight excluding hydrogens is 440 g/mol. The van der Waals surface area contributed by atoms with Gasteiger partial charge in [-0.1, -0.05) is 13.8 Å². The molecule has 33 heavy (non-hydrogen) atoms. The molecule has 5 atom stereocenters. The molecule has 0 saturated carbocycles. The molecule has 11 N–H and O–H groups in total. The molecule has 0 aromatic carbocycles. The highest BCUT2D eigenvalue weighted by Crippen LogP contribution is 2.06. The van der Waals surface area contributed by atoms with Crippen LogP contribution in [0.1, 0.15) is 46.5 Å². The zero-order valence-corrected chi connectivity index (χ0v) is 18.9. The van der Waals surface area contributed by atoms with Crippen LogP contribution in [0.5, 0.6) is 0 Å². The van der Waals surface area contributed by atoms with Crippen LogP contribution < -0.4 is 33.2 Å². The minimum Gasteiger partial charge on any atom is -0.480 e. The number of nitrogens with two attached hydrogens (primary N) is 3. The smallest absolute Gasteiger partial charge is 0.328 e. The quantitative estimate of drug-likeness (QED) is 0.116. The van der Waals surface area contributed by atoms with Crippen molar-refractivity contribution in [3.05, 3.63) is 0 Å². The van der Waals surface area contributed by atoms with Gasteiger partial charge in [-0.05, 0) is 25.7 Å². The second-order valence-electron chi connectivity index (χ2n) is 7.97. The molecule has 0 rings (SSSR count). The minimum absolute atomic E-state index is 0.201. The summed E-state index contributed by atoms with van der Waals surface area (Å²) in [5.41, 5.74) is 16.0. The molecule has 0 bridgehead atoms. The van der Waals surface area contributed by atoms with E-state index in [1.807, 2.05) is 0 Å². The Bertz CT molecular complexity index is 742. The SMILES string of the molecule is CC(C)C(N)C(=O)NC(CCC(N)=O)C(=O)NC(CCC(N)=O)C(=O)NC(C(=O)O)C(C)O. The number of rotatable bonds is 15. The van der Waals surface area contributed by atoms with E-state index in [0.717, 1.165) is 6.92 Å². The Morgan fingerprint density at radius 1 is 0.758 bits per heavy atom. The molecule has 0 aromatic heterocycles. The third-order valence-corrected chi connectivity index (χ3v) is 4.69. The fourth-order valence-electron chi connectivity index (χ4n) is 2.60. The van der Waals surface area contributed by atoms with E-state index in [1.54, 1.807) is 13.8 Å². The maximum absolute atomic E-state index is 12.8. The first-order chi connectivity index (χ1) is 15.2. The van der Waals surface area contributed by atoms with E-state index in [4.69, 9.17) is 22.3 Å². The summed E-state index contributed by atoms with van der Waals surface area (Å²) in [6.45, 7) is 4.52. The van der Waals surface area contributed by atoms with Gasteiger partial charge in [0, 0.05) is 12.8 Å². The van der Waals surface area contributed by atoms with Crippen LogP contribution in [0.25, 0.3) is 0 Å². The number of carboxylic acids is 1. The van der Waals surface area contributed by atoms with Crippen molar-refractivity contribution in [1.82, 2.24) is 16.0 Å². The minimum atomic E-state index is -1.68. The molecule has 0 saturated heterocycles. The Hall–Kier alpha value is -3.26. The number of primary amides is 2. The normalized spacial score (nSPS) is 15.5. The third kappa shape index (κ3) is 11.2. The van der Waals surface area contributed by atoms with Crippen molar-refractivity contribution in [2.45, 2.75) is 76.7 Å². The van der Waals surface area contributed by atoms with Gasteiger partial charge in [-0.25, -0.2) is 4.79 Å². The lowest BCUT2D eigenvalue weighted by Gasteiger charge is -2.26. The van der Waals surface area contributed by atoms with Crippen molar-refractivity contribution in [3.8, 4) is 0 Å². The van der Waals surface area contributed by atoms with E-state index in [0.29, 0.717) is 0 Å². The summed E-state index contributed by atoms with van der Waals surface area (Å²) < 4.78 is 0. The third-order valence-electron chi connectivity index (χ3n) is 4.69. The number of hydrogen-bond donors (Lipinski definition) is 8. The number of amides is 5. The van der Waals surface area contributed by atoms with Crippen molar-refractivity contribution in [1.29, 1.82) is 0 Å². The largest absolute Gasteiger partial charge is 0.480 e. The molecule has 14 nitrogen and oxygen atoms in total. The van der Waals surface area contributed by atoms with Gasteiger partial charge in [-0.15, -0.1) is 0 Å². The molecule has 0 spiro atoms. The lowest BCUT2D eigenvalue weighted by Crippen LogP contribution is -2.58. The molecule has 0 aliphatic heterocycles. The molecule has 5 amide bonds. The Morgan fingerprint density at radius 2 is 1.15 bits per heavy atom. The summed E-state index contributed by atoms with van der Waals surface area (Å²) in [6.07, 6.45) is -2.55. The van der Waals surface area contributed by atoms with Gasteiger partial charge in [-0.2, -0.15) is 0 Å². The molecule has 188 valence electrons. The summed E-state index contributed by atoms with van der Waals surface area (Å²) in [6, 6.07) is -5.37. The van der Waals surface area contributed by atoms with Crippen molar-refractivity contribution >= 4 is 35.5 Å². The zero-order valence-electron chi connectivity index (χ0n) is 18.9. The molecule has 14 heteroatoms. The van der Waals surface area contributed by atoms with E-state index >= 15 is 0 Å². The van der Waals surface area contributed by atoms with Crippen molar-refractivity contribution in [2.75, 3.05) is 0 Å². The number of hydrogen-bond acceptors (Lipinski definition) is 8. The Kier molecular flexibility index (Phi) is 12.6. The standard InChI is InChI=1S/C19H34N6O8/c1-8(2)14(22)18(31)24-10(4-6-12(20)27)16(29)23-11(5-7-13(21)28)17(30)25-15(9(3)26)19(32)33/h8-11,14-15,26H,4-7,22H2,1-3H3,(H2,20,27)(H2,21,28)(H,23,29)(H,24,31)(H,25,30)(H,32,33). The molecule has 0 radical (unpaired) electrons. The number of nitrogens with one attached hydrogen (secondary N) is 3. The summed E-state index contributed by atoms with van der Waals surface area (Å²) in [5.74, 6) is -5.87. The van der Waals surface area contributed by atoms with Crippen molar-refractivity contribution in [3.63, 3.8) is 0 Å². The van der Waals surface area contributed by atoms with Crippen LogP contribution in [0.15, 0.2) is 0 Å². The topological polar surface area (TPSA) is 257 Å². The van der Waals surface area contributed by atoms with Gasteiger partial charge < -0.3 is 43.4 Å². The van der Waals surface area contributed by atoms with Crippen LogP contribution in [-0.2, 0) is 28.8 Å². The van der Waals surface area contributed by atoms with Gasteiger partial charge in [0.1, 0.15) is 12.1 Å². The van der Waals surface area contributed by atoms with Gasteiger partial charge in [0.2, 0.25) is 29.5 Å². The Morgan fingerprint density at radius 3 is 1.48 bits per heavy atom. The number of aliphatic hydroxyl groups is 1. The number of carbonyl (C=O) groups excluding carboxylic acids is 5. The van der Waals surface area contributed by atoms with Crippen LogP contribution in [0.4, 0.5) is 0 Å². The average Bonchev–Trinajstić information content (AvgIpc) is 2.69. The number of aliphatic hydroxyl groups excluding tert-OH is 1. The molecular formula is C19H34N6O8. The van der Waals surface area contributed by atoms with Crippen LogP contribution in [0.2, 0.25) is 0 Å². The highest BCUT2D eigenvalue weighted by molar-refractivity contribution is 5.94. The number of aliphatic carboxylic acids is 1. The lowest BCUT2D eigenvalue weighted by atomic mass is 10.0. The summed E-state index contributed by atoms with van der Waals surface area (Å²) in [7, 11) is 0. The van der Waals surface area contributed by atoms with Crippen LogP contribution in [0, 0.1) is 5.92 Å². The molecule has 0 heterocycles. The first-order valence-corrected chi connectivity index (χ1v) is 10.3. The average molecular weight is 475 g/mol. The van der Waals surface area contributed by atoms with E-state index < -0.39 is 65.8 Å². The van der Waals surface area contributed by atoms with Gasteiger partial charge in [0.15, 0.2) is 6.04 Å². The van der Waals surface area contributed by atoms with E-state index in [2.05, 4.69) is 16.0 Å². The van der Waals surface area contributed by atoms with Crippen molar-refractivity contribution < 1.29 is 39.0 Å². The fraction of sp³-hybridized carbons (Fsp3) is 0.684. The van der Waals surface area contributed by atoms with Gasteiger partial charge in [-0.3, -0.25) is 24.0 Å². The number of carboxylic acid groups (broad SMARTS) is 1. The summed E-state index contributed by atoms with van der Waals surface area (Å²) >= 11 is 0. The molecule has 5 unspecified atom stereocenters. The highest BCUT2D eigenvalue weighted by Gasteiger charge is 2.32. The lowest BCUT2D eigenvalue weighted by molar-refractivity contribution is -0.145. The maximum atomic E-state index is 12.8. The highest BCUT2D eigenvalue weighted by atomic mass is 16.4. The monoisotopic (exact) mass is 474 g/mol. The predicted molar refractivity (Wildman–Crippen MR) is 115 cm³/mol. The molecule has 0 aromatic rings. The van der Waals surface area contributed by atoms with Gasteiger partial charge in [0.05, 0.1) is 12.1 Å². The second kappa shape index (κ2) is 14.0. The molecule has 0 fully saturated rings. The first kappa shape index (κ1) is 29.7. The molecule has 0 aliphatic rings. The van der Waals surface area contributed by atoms with Gasteiger partial charge >= 0.3 is 5.97 Å². The molecule has 0 aliphatic carbocycles. The number of carbonyl (C=O) groups is 6. The van der Waals surface area contributed by atoms with Crippen molar-refractivity contribution in [2.24, 2.45) is 23.1 Å². The van der Waals surface area contributed by atoms with Gasteiger partial charge in [0.25, 0.3) is 0 Å². The predicted octanol–water partition coefficient (Wildman–Crippen LogP) is -3.58. The summed E-state index contributed by atoms with van der Waals surface area (Å²) in [4.78, 5) is 71.3. The summed E-state index contributed by atoms with van der Waals surface area (Å²) in [5, 5.41) is 25.5. The Labute approximate surface area is 191 Å².